The lowest BCUT2D eigenvalue weighted by atomic mass is 9.83. The molecule has 0 atom stereocenters. The first kappa shape index (κ1) is 13.1. The van der Waals surface area contributed by atoms with Crippen molar-refractivity contribution in [2.24, 2.45) is 5.73 Å². The highest BCUT2D eigenvalue weighted by Crippen LogP contribution is 2.27. The first-order chi connectivity index (χ1) is 8.63. The van der Waals surface area contributed by atoms with Gasteiger partial charge in [0.2, 0.25) is 0 Å². The summed E-state index contributed by atoms with van der Waals surface area (Å²) in [7, 11) is 0. The van der Waals surface area contributed by atoms with Gasteiger partial charge in [0.05, 0.1) is 6.33 Å². The Morgan fingerprint density at radius 2 is 2.22 bits per heavy atom. The second kappa shape index (κ2) is 5.52. The lowest BCUT2D eigenvalue weighted by Gasteiger charge is -2.34. The molecule has 0 aromatic carbocycles. The summed E-state index contributed by atoms with van der Waals surface area (Å²) in [6, 6.07) is 0. The van der Waals surface area contributed by atoms with Crippen LogP contribution in [-0.4, -0.2) is 27.5 Å². The number of hydrogen-bond donors (Lipinski definition) is 2. The summed E-state index contributed by atoms with van der Waals surface area (Å²) in [5.74, 6) is -0.0739. The Hall–Kier alpha value is -1.36. The molecule has 2 rings (SSSR count). The molecule has 1 heterocycles. The minimum atomic E-state index is -0.0739. The summed E-state index contributed by atoms with van der Waals surface area (Å²) in [5.41, 5.74) is 5.89. The maximum atomic E-state index is 12.1. The van der Waals surface area contributed by atoms with Crippen molar-refractivity contribution in [1.82, 2.24) is 14.9 Å². The highest BCUT2D eigenvalue weighted by molar-refractivity contribution is 5.92. The van der Waals surface area contributed by atoms with Crippen molar-refractivity contribution in [3.05, 3.63) is 18.2 Å². The van der Waals surface area contributed by atoms with Crippen molar-refractivity contribution in [3.8, 4) is 0 Å². The highest BCUT2D eigenvalue weighted by atomic mass is 16.2. The van der Waals surface area contributed by atoms with Crippen LogP contribution in [0.3, 0.4) is 0 Å². The van der Waals surface area contributed by atoms with Crippen molar-refractivity contribution in [1.29, 1.82) is 0 Å². The number of nitrogens with zero attached hydrogens (tertiary/aromatic N) is 2. The van der Waals surface area contributed by atoms with E-state index in [1.54, 1.807) is 12.5 Å². The average Bonchev–Trinajstić information content (AvgIpc) is 2.78. The van der Waals surface area contributed by atoms with Crippen molar-refractivity contribution in [3.63, 3.8) is 0 Å². The van der Waals surface area contributed by atoms with E-state index in [0.29, 0.717) is 18.8 Å². The monoisotopic (exact) mass is 250 g/mol. The fourth-order valence-electron chi connectivity index (χ4n) is 2.54. The number of imidazole rings is 1. The molecule has 1 aliphatic rings. The van der Waals surface area contributed by atoms with E-state index in [4.69, 9.17) is 5.73 Å². The van der Waals surface area contributed by atoms with Crippen LogP contribution in [0.4, 0.5) is 0 Å². The number of hydrogen-bond acceptors (Lipinski definition) is 3. The molecular formula is C13H22N4O. The Morgan fingerprint density at radius 3 is 2.89 bits per heavy atom. The molecule has 5 nitrogen and oxygen atoms in total. The van der Waals surface area contributed by atoms with E-state index in [9.17, 15) is 4.79 Å². The van der Waals surface area contributed by atoms with Crippen LogP contribution in [0.2, 0.25) is 0 Å². The molecule has 1 aromatic rings. The minimum Gasteiger partial charge on any atom is -0.345 e. The predicted octanol–water partition coefficient (Wildman–Crippen LogP) is 1.29. The van der Waals surface area contributed by atoms with Crippen LogP contribution < -0.4 is 11.1 Å². The normalized spacial score (nSPS) is 18.6. The van der Waals surface area contributed by atoms with Gasteiger partial charge in [-0.2, -0.15) is 0 Å². The molecule has 1 amide bonds. The second-order valence-corrected chi connectivity index (χ2v) is 5.36. The molecule has 1 aliphatic carbocycles. The summed E-state index contributed by atoms with van der Waals surface area (Å²) < 4.78 is 1.85. The first-order valence-corrected chi connectivity index (χ1v) is 6.67. The van der Waals surface area contributed by atoms with Crippen LogP contribution in [0.1, 0.15) is 49.5 Å². The molecule has 5 heteroatoms. The molecule has 100 valence electrons. The fourth-order valence-corrected chi connectivity index (χ4v) is 2.54. The molecule has 1 aromatic heterocycles. The number of amides is 1. The van der Waals surface area contributed by atoms with E-state index in [1.807, 2.05) is 4.57 Å². The Bertz CT molecular complexity index is 407. The number of nitrogens with one attached hydrogen (secondary N) is 1. The van der Waals surface area contributed by atoms with Crippen molar-refractivity contribution >= 4 is 5.91 Å². The summed E-state index contributed by atoms with van der Waals surface area (Å²) >= 11 is 0. The molecule has 0 spiro atoms. The number of aromatic nitrogens is 2. The van der Waals surface area contributed by atoms with Gasteiger partial charge in [-0.25, -0.2) is 4.98 Å². The molecule has 0 radical (unpaired) electrons. The molecule has 0 unspecified atom stereocenters. The van der Waals surface area contributed by atoms with Gasteiger partial charge in [0.25, 0.3) is 5.91 Å². The summed E-state index contributed by atoms with van der Waals surface area (Å²) in [4.78, 5) is 16.2. The number of rotatable bonds is 4. The van der Waals surface area contributed by atoms with Gasteiger partial charge in [0.1, 0.15) is 5.69 Å². The fraction of sp³-hybridized carbons (Fsp3) is 0.692. The van der Waals surface area contributed by atoms with Gasteiger partial charge < -0.3 is 15.6 Å². The maximum Gasteiger partial charge on any atom is 0.271 e. The lowest BCUT2D eigenvalue weighted by Crippen LogP contribution is -2.47. The maximum absolute atomic E-state index is 12.1. The second-order valence-electron chi connectivity index (χ2n) is 5.36. The van der Waals surface area contributed by atoms with Gasteiger partial charge in [0.15, 0.2) is 0 Å². The zero-order valence-corrected chi connectivity index (χ0v) is 11.0. The van der Waals surface area contributed by atoms with Gasteiger partial charge in [-0.3, -0.25) is 4.79 Å². The topological polar surface area (TPSA) is 72.9 Å². The van der Waals surface area contributed by atoms with Crippen LogP contribution in [0.25, 0.3) is 0 Å². The minimum absolute atomic E-state index is 0.0625. The van der Waals surface area contributed by atoms with E-state index in [2.05, 4.69) is 17.2 Å². The SMILES string of the molecule is CC1(NC(=O)c2cn(CCN)cn2)CCCCC1. The third-order valence-electron chi connectivity index (χ3n) is 3.63. The van der Waals surface area contributed by atoms with Gasteiger partial charge in [-0.05, 0) is 19.8 Å². The zero-order valence-electron chi connectivity index (χ0n) is 11.0. The van der Waals surface area contributed by atoms with Crippen molar-refractivity contribution in [2.75, 3.05) is 6.54 Å². The third kappa shape index (κ3) is 3.10. The number of carbonyl (C=O) groups is 1. The molecular weight excluding hydrogens is 228 g/mol. The first-order valence-electron chi connectivity index (χ1n) is 6.67. The number of nitrogens with two attached hydrogens (primary N) is 1. The van der Waals surface area contributed by atoms with Crippen LogP contribution in [0, 0.1) is 0 Å². The van der Waals surface area contributed by atoms with Crippen LogP contribution in [0.5, 0.6) is 0 Å². The Balaban J connectivity index is 1.97. The van der Waals surface area contributed by atoms with E-state index >= 15 is 0 Å². The summed E-state index contributed by atoms with van der Waals surface area (Å²) in [5, 5.41) is 3.12. The third-order valence-corrected chi connectivity index (χ3v) is 3.63. The Labute approximate surface area is 108 Å². The Morgan fingerprint density at radius 1 is 1.50 bits per heavy atom. The molecule has 3 N–H and O–H groups in total. The predicted molar refractivity (Wildman–Crippen MR) is 70.2 cm³/mol. The molecule has 1 saturated carbocycles. The molecule has 0 aliphatic heterocycles. The van der Waals surface area contributed by atoms with E-state index in [-0.39, 0.29) is 11.4 Å². The van der Waals surface area contributed by atoms with Gasteiger partial charge in [0, 0.05) is 24.8 Å². The van der Waals surface area contributed by atoms with Gasteiger partial charge in [-0.1, -0.05) is 19.3 Å². The molecule has 18 heavy (non-hydrogen) atoms. The summed E-state index contributed by atoms with van der Waals surface area (Å²) in [6.07, 6.45) is 9.19. The number of carbonyl (C=O) groups excluding carboxylic acids is 1. The molecule has 1 fully saturated rings. The van der Waals surface area contributed by atoms with E-state index < -0.39 is 0 Å². The summed E-state index contributed by atoms with van der Waals surface area (Å²) in [6.45, 7) is 3.37. The standard InChI is InChI=1S/C13H22N4O/c1-13(5-3-2-4-6-13)16-12(18)11-9-17(8-7-14)10-15-11/h9-10H,2-8,14H2,1H3,(H,16,18). The largest absolute Gasteiger partial charge is 0.345 e. The molecule has 0 bridgehead atoms. The van der Waals surface area contributed by atoms with E-state index in [1.165, 1.54) is 19.3 Å². The van der Waals surface area contributed by atoms with Crippen molar-refractivity contribution < 1.29 is 4.79 Å². The van der Waals surface area contributed by atoms with Crippen molar-refractivity contribution in [2.45, 2.75) is 51.1 Å². The molecule has 0 saturated heterocycles. The smallest absolute Gasteiger partial charge is 0.271 e. The highest BCUT2D eigenvalue weighted by Gasteiger charge is 2.29. The van der Waals surface area contributed by atoms with Crippen LogP contribution in [-0.2, 0) is 6.54 Å². The lowest BCUT2D eigenvalue weighted by molar-refractivity contribution is 0.0878. The van der Waals surface area contributed by atoms with Gasteiger partial charge in [-0.15, -0.1) is 0 Å². The van der Waals surface area contributed by atoms with Crippen LogP contribution >= 0.6 is 0 Å². The van der Waals surface area contributed by atoms with E-state index in [0.717, 1.165) is 12.8 Å². The van der Waals surface area contributed by atoms with Gasteiger partial charge >= 0.3 is 0 Å². The zero-order chi connectivity index (χ0) is 13.0. The quantitative estimate of drug-likeness (QED) is 0.846. The average molecular weight is 250 g/mol. The van der Waals surface area contributed by atoms with Crippen LogP contribution in [0.15, 0.2) is 12.5 Å². The Kier molecular flexibility index (Phi) is 4.01.